The van der Waals surface area contributed by atoms with Gasteiger partial charge >= 0.3 is 0 Å². The second-order valence-electron chi connectivity index (χ2n) is 3.48. The normalized spacial score (nSPS) is 10.7. The van der Waals surface area contributed by atoms with E-state index in [0.29, 0.717) is 4.90 Å². The van der Waals surface area contributed by atoms with Crippen molar-refractivity contribution >= 4 is 33.4 Å². The molecule has 6 heteroatoms. The van der Waals surface area contributed by atoms with Gasteiger partial charge in [0, 0.05) is 21.5 Å². The molecule has 0 heterocycles. The number of hydrogen-bond acceptors (Lipinski definition) is 2. The van der Waals surface area contributed by atoms with Gasteiger partial charge in [-0.2, -0.15) is 0 Å². The third-order valence-corrected chi connectivity index (χ3v) is 3.90. The molecule has 94 valence electrons. The van der Waals surface area contributed by atoms with Crippen LogP contribution in [0, 0.1) is 17.5 Å². The highest BCUT2D eigenvalue weighted by atomic mass is 79.9. The lowest BCUT2D eigenvalue weighted by atomic mass is 10.3. The highest BCUT2D eigenvalue weighted by Gasteiger charge is 2.10. The maximum atomic E-state index is 13.5. The zero-order chi connectivity index (χ0) is 13.3. The van der Waals surface area contributed by atoms with Crippen molar-refractivity contribution in [3.63, 3.8) is 0 Å². The van der Waals surface area contributed by atoms with E-state index in [4.69, 9.17) is 5.73 Å². The number of hydrogen-bond donors (Lipinski definition) is 1. The van der Waals surface area contributed by atoms with Crippen LogP contribution in [-0.4, -0.2) is 0 Å². The average molecular weight is 334 g/mol. The first kappa shape index (κ1) is 13.3. The Hall–Kier alpha value is -1.14. The molecule has 0 radical (unpaired) electrons. The summed E-state index contributed by atoms with van der Waals surface area (Å²) in [6.45, 7) is 0. The molecule has 0 aliphatic rings. The van der Waals surface area contributed by atoms with Crippen molar-refractivity contribution in [1.29, 1.82) is 0 Å². The van der Waals surface area contributed by atoms with Gasteiger partial charge in [-0.25, -0.2) is 13.2 Å². The summed E-state index contributed by atoms with van der Waals surface area (Å²) in [4.78, 5) is 0.718. The molecule has 18 heavy (non-hydrogen) atoms. The molecule has 0 bridgehead atoms. The number of nitrogen functional groups attached to an aromatic ring is 1. The fraction of sp³-hybridized carbons (Fsp3) is 0. The summed E-state index contributed by atoms with van der Waals surface area (Å²) < 4.78 is 39.6. The highest BCUT2D eigenvalue weighted by molar-refractivity contribution is 9.10. The van der Waals surface area contributed by atoms with E-state index in [9.17, 15) is 13.2 Å². The predicted octanol–water partition coefficient (Wildman–Crippen LogP) is 4.60. The Morgan fingerprint density at radius 1 is 0.944 bits per heavy atom. The van der Waals surface area contributed by atoms with E-state index in [1.54, 1.807) is 0 Å². The molecule has 2 aromatic carbocycles. The first-order valence-corrected chi connectivity index (χ1v) is 6.46. The van der Waals surface area contributed by atoms with Crippen molar-refractivity contribution in [2.24, 2.45) is 0 Å². The molecule has 0 unspecified atom stereocenters. The largest absolute Gasteiger partial charge is 0.398 e. The van der Waals surface area contributed by atoms with E-state index in [-0.39, 0.29) is 15.1 Å². The lowest BCUT2D eigenvalue weighted by Gasteiger charge is -2.07. The van der Waals surface area contributed by atoms with Gasteiger partial charge in [0.1, 0.15) is 17.5 Å². The number of nitrogens with two attached hydrogens (primary N) is 1. The topological polar surface area (TPSA) is 26.0 Å². The Kier molecular flexibility index (Phi) is 3.87. The van der Waals surface area contributed by atoms with Gasteiger partial charge in [-0.1, -0.05) is 11.8 Å². The van der Waals surface area contributed by atoms with Gasteiger partial charge in [0.15, 0.2) is 0 Å². The molecular weight excluding hydrogens is 327 g/mol. The summed E-state index contributed by atoms with van der Waals surface area (Å²) in [5.41, 5.74) is 5.84. The van der Waals surface area contributed by atoms with Crippen LogP contribution in [0.1, 0.15) is 0 Å². The fourth-order valence-corrected chi connectivity index (χ4v) is 2.69. The minimum absolute atomic E-state index is 0.199. The molecule has 0 saturated carbocycles. The number of rotatable bonds is 2. The van der Waals surface area contributed by atoms with Crippen molar-refractivity contribution in [2.45, 2.75) is 9.79 Å². The van der Waals surface area contributed by atoms with E-state index >= 15 is 0 Å². The summed E-state index contributed by atoms with van der Waals surface area (Å²) in [6.07, 6.45) is 0. The first-order valence-electron chi connectivity index (χ1n) is 4.85. The summed E-state index contributed by atoms with van der Waals surface area (Å²) in [7, 11) is 0. The van der Waals surface area contributed by atoms with E-state index in [1.807, 2.05) is 0 Å². The Morgan fingerprint density at radius 2 is 1.67 bits per heavy atom. The van der Waals surface area contributed by atoms with Crippen LogP contribution in [0.4, 0.5) is 18.9 Å². The molecule has 0 fully saturated rings. The van der Waals surface area contributed by atoms with E-state index in [2.05, 4.69) is 15.9 Å². The average Bonchev–Trinajstić information content (AvgIpc) is 2.29. The van der Waals surface area contributed by atoms with Crippen molar-refractivity contribution in [2.75, 3.05) is 5.73 Å². The Bertz CT molecular complexity index is 604. The molecule has 2 aromatic rings. The standard InChI is InChI=1S/C12H7BrF3NS/c13-7-4-12(10(17)5-8(7)15)18-11-2-1-6(14)3-9(11)16/h1-5H,17H2. The first-order chi connectivity index (χ1) is 8.47. The van der Waals surface area contributed by atoms with Crippen molar-refractivity contribution in [3.8, 4) is 0 Å². The molecule has 1 nitrogen and oxygen atoms in total. The van der Waals surface area contributed by atoms with Crippen LogP contribution >= 0.6 is 27.7 Å². The second kappa shape index (κ2) is 5.24. The quantitative estimate of drug-likeness (QED) is 0.813. The number of benzene rings is 2. The van der Waals surface area contributed by atoms with Crippen molar-refractivity contribution < 1.29 is 13.2 Å². The third kappa shape index (κ3) is 2.81. The van der Waals surface area contributed by atoms with Gasteiger partial charge < -0.3 is 5.73 Å². The molecule has 0 aliphatic heterocycles. The van der Waals surface area contributed by atoms with Crippen LogP contribution in [-0.2, 0) is 0 Å². The van der Waals surface area contributed by atoms with E-state index in [0.717, 1.165) is 30.0 Å². The van der Waals surface area contributed by atoms with E-state index in [1.165, 1.54) is 12.1 Å². The summed E-state index contributed by atoms with van der Waals surface area (Å²) >= 11 is 4.04. The van der Waals surface area contributed by atoms with Crippen molar-refractivity contribution in [3.05, 3.63) is 52.3 Å². The summed E-state index contributed by atoms with van der Waals surface area (Å²) in [6, 6.07) is 5.86. The Labute approximate surface area is 114 Å². The maximum absolute atomic E-state index is 13.5. The van der Waals surface area contributed by atoms with E-state index < -0.39 is 17.5 Å². The van der Waals surface area contributed by atoms with Gasteiger partial charge in [0.05, 0.1) is 4.47 Å². The SMILES string of the molecule is Nc1cc(F)c(Br)cc1Sc1ccc(F)cc1F. The van der Waals surface area contributed by atoms with Crippen LogP contribution < -0.4 is 5.73 Å². The molecule has 0 amide bonds. The van der Waals surface area contributed by atoms with Gasteiger partial charge in [-0.15, -0.1) is 0 Å². The minimum atomic E-state index is -0.681. The lowest BCUT2D eigenvalue weighted by molar-refractivity contribution is 0.565. The van der Waals surface area contributed by atoms with Gasteiger partial charge in [-0.05, 0) is 40.2 Å². The van der Waals surface area contributed by atoms with Crippen LogP contribution in [0.2, 0.25) is 0 Å². The van der Waals surface area contributed by atoms with Crippen LogP contribution in [0.25, 0.3) is 0 Å². The molecule has 0 spiro atoms. The molecule has 2 N–H and O–H groups in total. The van der Waals surface area contributed by atoms with Gasteiger partial charge in [-0.3, -0.25) is 0 Å². The molecule has 0 aliphatic carbocycles. The number of anilines is 1. The maximum Gasteiger partial charge on any atom is 0.140 e. The number of halogens is 4. The highest BCUT2D eigenvalue weighted by Crippen LogP contribution is 2.36. The molecule has 0 atom stereocenters. The zero-order valence-electron chi connectivity index (χ0n) is 8.88. The Balaban J connectivity index is 2.37. The van der Waals surface area contributed by atoms with Crippen LogP contribution in [0.3, 0.4) is 0 Å². The predicted molar refractivity (Wildman–Crippen MR) is 69.0 cm³/mol. The van der Waals surface area contributed by atoms with Gasteiger partial charge in [0.25, 0.3) is 0 Å². The molecular formula is C12H7BrF3NS. The second-order valence-corrected chi connectivity index (χ2v) is 5.42. The van der Waals surface area contributed by atoms with Crippen molar-refractivity contribution in [1.82, 2.24) is 0 Å². The lowest BCUT2D eigenvalue weighted by Crippen LogP contribution is -1.92. The minimum Gasteiger partial charge on any atom is -0.398 e. The molecule has 0 aromatic heterocycles. The molecule has 2 rings (SSSR count). The smallest absolute Gasteiger partial charge is 0.140 e. The zero-order valence-corrected chi connectivity index (χ0v) is 11.3. The van der Waals surface area contributed by atoms with Crippen LogP contribution in [0.15, 0.2) is 44.6 Å². The van der Waals surface area contributed by atoms with Gasteiger partial charge in [0.2, 0.25) is 0 Å². The Morgan fingerprint density at radius 3 is 2.33 bits per heavy atom. The molecule has 0 saturated heterocycles. The monoisotopic (exact) mass is 333 g/mol. The summed E-state index contributed by atoms with van der Waals surface area (Å²) in [5, 5.41) is 0. The summed E-state index contributed by atoms with van der Waals surface area (Å²) in [5.74, 6) is -1.82. The fourth-order valence-electron chi connectivity index (χ4n) is 1.31. The third-order valence-electron chi connectivity index (χ3n) is 2.17. The van der Waals surface area contributed by atoms with Crippen LogP contribution in [0.5, 0.6) is 0 Å².